The molecule has 3 nitrogen and oxygen atoms in total. The van der Waals surface area contributed by atoms with Crippen molar-refractivity contribution in [3.63, 3.8) is 0 Å². The third-order valence-corrected chi connectivity index (χ3v) is 3.33. The number of guanidine groups is 1. The largest absolute Gasteiger partial charge is 0.315 e. The molecule has 0 N–H and O–H groups in total. The molecule has 3 heteroatoms. The lowest BCUT2D eigenvalue weighted by molar-refractivity contribution is 1.12. The summed E-state index contributed by atoms with van der Waals surface area (Å²) in [7, 11) is 5.89. The monoisotopic (exact) mass is 327 g/mol. The zero-order valence-corrected chi connectivity index (χ0v) is 16.5. The van der Waals surface area contributed by atoms with E-state index in [0.717, 1.165) is 17.3 Å². The van der Waals surface area contributed by atoms with E-state index >= 15 is 0 Å². The first-order chi connectivity index (χ1) is 11.6. The zero-order valence-electron chi connectivity index (χ0n) is 16.5. The lowest BCUT2D eigenvalue weighted by Gasteiger charge is -2.29. The predicted octanol–water partition coefficient (Wildman–Crippen LogP) is 5.61. The molecule has 2 aromatic carbocycles. The second-order valence-electron chi connectivity index (χ2n) is 4.82. The van der Waals surface area contributed by atoms with Crippen molar-refractivity contribution < 1.29 is 0 Å². The van der Waals surface area contributed by atoms with Gasteiger partial charge in [-0.2, -0.15) is 0 Å². The Morgan fingerprint density at radius 3 is 1.75 bits per heavy atom. The van der Waals surface area contributed by atoms with Crippen molar-refractivity contribution in [3.8, 4) is 0 Å². The number of aliphatic imine (C=N–C) groups is 1. The highest BCUT2D eigenvalue weighted by atomic mass is 15.4. The van der Waals surface area contributed by atoms with Gasteiger partial charge >= 0.3 is 0 Å². The summed E-state index contributed by atoms with van der Waals surface area (Å²) in [5.74, 6) is 0.904. The van der Waals surface area contributed by atoms with E-state index in [1.165, 1.54) is 5.56 Å². The Morgan fingerprint density at radius 2 is 1.25 bits per heavy atom. The SMILES string of the molecule is CC.CC.CN=C(N(C)c1ccccc1)N(C)c1cccc(C)c1. The summed E-state index contributed by atoms with van der Waals surface area (Å²) in [5.41, 5.74) is 3.49. The third kappa shape index (κ3) is 6.07. The fourth-order valence-corrected chi connectivity index (χ4v) is 2.24. The van der Waals surface area contributed by atoms with Gasteiger partial charge in [0.1, 0.15) is 0 Å². The van der Waals surface area contributed by atoms with E-state index in [-0.39, 0.29) is 0 Å². The molecule has 24 heavy (non-hydrogen) atoms. The Balaban J connectivity index is 0.00000123. The fraction of sp³-hybridized carbons (Fsp3) is 0.381. The molecule has 0 amide bonds. The molecule has 0 heterocycles. The normalized spacial score (nSPS) is 9.92. The van der Waals surface area contributed by atoms with Crippen molar-refractivity contribution in [3.05, 3.63) is 60.2 Å². The summed E-state index contributed by atoms with van der Waals surface area (Å²) < 4.78 is 0. The van der Waals surface area contributed by atoms with Gasteiger partial charge < -0.3 is 9.80 Å². The van der Waals surface area contributed by atoms with Gasteiger partial charge in [0.15, 0.2) is 0 Å². The van der Waals surface area contributed by atoms with E-state index in [4.69, 9.17) is 0 Å². The highest BCUT2D eigenvalue weighted by molar-refractivity contribution is 6.06. The maximum Gasteiger partial charge on any atom is 0.204 e. The molecule has 0 aromatic heterocycles. The molecule has 0 aliphatic rings. The number of hydrogen-bond acceptors (Lipinski definition) is 1. The van der Waals surface area contributed by atoms with Crippen molar-refractivity contribution in [2.24, 2.45) is 4.99 Å². The summed E-state index contributed by atoms with van der Waals surface area (Å²) in [6.45, 7) is 10.1. The molecule has 132 valence electrons. The number of para-hydroxylation sites is 1. The maximum atomic E-state index is 4.44. The lowest BCUT2D eigenvalue weighted by atomic mass is 10.2. The van der Waals surface area contributed by atoms with Gasteiger partial charge in [-0.05, 0) is 36.8 Å². The van der Waals surface area contributed by atoms with Gasteiger partial charge in [-0.3, -0.25) is 4.99 Å². The molecule has 2 aromatic rings. The summed E-state index contributed by atoms with van der Waals surface area (Å²) in [6.07, 6.45) is 0. The standard InChI is InChI=1S/C17H21N3.2C2H6/c1-14-9-8-12-16(13-14)20(4)17(18-2)19(3)15-10-6-5-7-11-15;2*1-2/h5-13H,1-4H3;2*1-2H3. The molecule has 2 rings (SSSR count). The molecular formula is C21H33N3. The Labute approximate surface area is 148 Å². The number of nitrogens with zero attached hydrogens (tertiary/aromatic N) is 3. The minimum atomic E-state index is 0.904. The topological polar surface area (TPSA) is 18.8 Å². The van der Waals surface area contributed by atoms with Gasteiger partial charge in [-0.25, -0.2) is 0 Å². The molecule has 0 saturated heterocycles. The van der Waals surface area contributed by atoms with Gasteiger partial charge in [0.05, 0.1) is 0 Å². The molecule has 0 spiro atoms. The average molecular weight is 328 g/mol. The Kier molecular flexibility index (Phi) is 11.0. The van der Waals surface area contributed by atoms with Crippen LogP contribution in [0.15, 0.2) is 59.6 Å². The van der Waals surface area contributed by atoms with Crippen LogP contribution in [-0.2, 0) is 0 Å². The minimum absolute atomic E-state index is 0.904. The molecule has 0 fully saturated rings. The first-order valence-electron chi connectivity index (χ1n) is 8.69. The van der Waals surface area contributed by atoms with Gasteiger partial charge in [-0.15, -0.1) is 0 Å². The molecular weight excluding hydrogens is 294 g/mol. The first kappa shape index (κ1) is 21.7. The second kappa shape index (κ2) is 12.2. The van der Waals surface area contributed by atoms with Crippen LogP contribution in [0.2, 0.25) is 0 Å². The second-order valence-corrected chi connectivity index (χ2v) is 4.82. The number of benzene rings is 2. The van der Waals surface area contributed by atoms with Crippen LogP contribution in [-0.4, -0.2) is 27.1 Å². The zero-order chi connectivity index (χ0) is 18.5. The van der Waals surface area contributed by atoms with Gasteiger partial charge in [0.2, 0.25) is 5.96 Å². The molecule has 0 atom stereocenters. The number of hydrogen-bond donors (Lipinski definition) is 0. The van der Waals surface area contributed by atoms with Crippen LogP contribution >= 0.6 is 0 Å². The van der Waals surface area contributed by atoms with Crippen molar-refractivity contribution in [2.45, 2.75) is 34.6 Å². The lowest BCUT2D eigenvalue weighted by Crippen LogP contribution is -2.40. The summed E-state index contributed by atoms with van der Waals surface area (Å²) in [5, 5.41) is 0. The van der Waals surface area contributed by atoms with Crippen LogP contribution < -0.4 is 9.80 Å². The molecule has 0 saturated carbocycles. The van der Waals surface area contributed by atoms with E-state index in [1.54, 1.807) is 0 Å². The van der Waals surface area contributed by atoms with Gasteiger partial charge in [0, 0.05) is 32.5 Å². The maximum absolute atomic E-state index is 4.44. The smallest absolute Gasteiger partial charge is 0.204 e. The van der Waals surface area contributed by atoms with E-state index in [9.17, 15) is 0 Å². The van der Waals surface area contributed by atoms with E-state index in [2.05, 4.69) is 58.1 Å². The quantitative estimate of drug-likeness (QED) is 0.527. The first-order valence-corrected chi connectivity index (χ1v) is 8.69. The third-order valence-electron chi connectivity index (χ3n) is 3.33. The highest BCUT2D eigenvalue weighted by Gasteiger charge is 2.14. The van der Waals surface area contributed by atoms with Crippen LogP contribution in [0, 0.1) is 6.92 Å². The summed E-state index contributed by atoms with van der Waals surface area (Å²) in [4.78, 5) is 8.62. The number of anilines is 2. The van der Waals surface area contributed by atoms with Crippen LogP contribution in [0.1, 0.15) is 33.3 Å². The van der Waals surface area contributed by atoms with E-state index in [1.807, 2.05) is 67.0 Å². The molecule has 0 aliphatic carbocycles. The molecule has 0 bridgehead atoms. The van der Waals surface area contributed by atoms with Gasteiger partial charge in [-0.1, -0.05) is 58.0 Å². The van der Waals surface area contributed by atoms with Crippen molar-refractivity contribution in [1.82, 2.24) is 0 Å². The van der Waals surface area contributed by atoms with Crippen LogP contribution in [0.25, 0.3) is 0 Å². The fourth-order valence-electron chi connectivity index (χ4n) is 2.24. The Hall–Kier alpha value is -2.29. The molecule has 0 radical (unpaired) electrons. The predicted molar refractivity (Wildman–Crippen MR) is 110 cm³/mol. The summed E-state index contributed by atoms with van der Waals surface area (Å²) in [6, 6.07) is 18.7. The minimum Gasteiger partial charge on any atom is -0.315 e. The average Bonchev–Trinajstić information content (AvgIpc) is 2.66. The van der Waals surface area contributed by atoms with Crippen LogP contribution in [0.4, 0.5) is 11.4 Å². The number of rotatable bonds is 2. The van der Waals surface area contributed by atoms with E-state index < -0.39 is 0 Å². The Morgan fingerprint density at radius 1 is 0.750 bits per heavy atom. The Bertz CT molecular complexity index is 591. The highest BCUT2D eigenvalue weighted by Crippen LogP contribution is 2.19. The van der Waals surface area contributed by atoms with E-state index in [0.29, 0.717) is 0 Å². The van der Waals surface area contributed by atoms with Crippen molar-refractivity contribution in [1.29, 1.82) is 0 Å². The van der Waals surface area contributed by atoms with Crippen LogP contribution in [0.5, 0.6) is 0 Å². The molecule has 0 aliphatic heterocycles. The number of aryl methyl sites for hydroxylation is 1. The van der Waals surface area contributed by atoms with Crippen molar-refractivity contribution >= 4 is 17.3 Å². The molecule has 0 unspecified atom stereocenters. The van der Waals surface area contributed by atoms with Gasteiger partial charge in [0.25, 0.3) is 0 Å². The van der Waals surface area contributed by atoms with Crippen LogP contribution in [0.3, 0.4) is 0 Å². The summed E-state index contributed by atoms with van der Waals surface area (Å²) >= 11 is 0. The van der Waals surface area contributed by atoms with Crippen molar-refractivity contribution in [2.75, 3.05) is 30.9 Å².